The molecule has 0 bridgehead atoms. The first-order valence-corrected chi connectivity index (χ1v) is 11.4. The average molecular weight is 377 g/mol. The summed E-state index contributed by atoms with van der Waals surface area (Å²) in [4.78, 5) is 8.00. The van der Waals surface area contributed by atoms with E-state index in [1.54, 1.807) is 0 Å². The van der Waals surface area contributed by atoms with E-state index in [0.29, 0.717) is 5.75 Å². The highest BCUT2D eigenvalue weighted by Gasteiger charge is 2.03. The van der Waals surface area contributed by atoms with Gasteiger partial charge in [0.15, 0.2) is 0 Å². The number of hydrogen-bond donors (Lipinski definition) is 1. The fraction of sp³-hybridized carbons (Fsp3) is 0.720. The van der Waals surface area contributed by atoms with Crippen molar-refractivity contribution in [1.29, 1.82) is 0 Å². The van der Waals surface area contributed by atoms with Gasteiger partial charge >= 0.3 is 0 Å². The maximum atomic E-state index is 10.1. The van der Waals surface area contributed by atoms with Crippen LogP contribution in [0.1, 0.15) is 115 Å². The molecule has 0 aliphatic heterocycles. The molecule has 0 aliphatic carbocycles. The number of aryl methyl sites for hydroxylation is 2. The van der Waals surface area contributed by atoms with E-state index < -0.39 is 0 Å². The highest BCUT2D eigenvalue weighted by molar-refractivity contribution is 5.36. The molecule has 0 amide bonds. The summed E-state index contributed by atoms with van der Waals surface area (Å²) in [6.07, 6.45) is 21.0. The van der Waals surface area contributed by atoms with Crippen LogP contribution in [0, 0.1) is 0 Å². The SMILES string of the molecule is C=O.CCCCCCCCCc1ccc(O)c(CCCCCCCCC)c1. The molecule has 0 radical (unpaired) electrons. The summed E-state index contributed by atoms with van der Waals surface area (Å²) in [7, 11) is 0. The number of hydrogen-bond acceptors (Lipinski definition) is 2. The van der Waals surface area contributed by atoms with E-state index in [0.717, 1.165) is 18.4 Å². The Kier molecular flexibility index (Phi) is 18.5. The van der Waals surface area contributed by atoms with Crippen molar-refractivity contribution in [2.24, 2.45) is 0 Å². The third-order valence-corrected chi connectivity index (χ3v) is 5.26. The topological polar surface area (TPSA) is 37.3 Å². The first-order valence-electron chi connectivity index (χ1n) is 11.4. The van der Waals surface area contributed by atoms with Gasteiger partial charge in [0.05, 0.1) is 0 Å². The van der Waals surface area contributed by atoms with E-state index in [1.165, 1.54) is 95.5 Å². The molecule has 1 aromatic rings. The second-order valence-electron chi connectivity index (χ2n) is 7.71. The fourth-order valence-corrected chi connectivity index (χ4v) is 3.55. The summed E-state index contributed by atoms with van der Waals surface area (Å²) in [5.41, 5.74) is 2.57. The van der Waals surface area contributed by atoms with E-state index >= 15 is 0 Å². The lowest BCUT2D eigenvalue weighted by molar-refractivity contribution is -0.0979. The van der Waals surface area contributed by atoms with Crippen LogP contribution in [0.25, 0.3) is 0 Å². The fourth-order valence-electron chi connectivity index (χ4n) is 3.55. The van der Waals surface area contributed by atoms with Crippen LogP contribution >= 0.6 is 0 Å². The molecule has 2 heteroatoms. The van der Waals surface area contributed by atoms with Gasteiger partial charge in [0, 0.05) is 0 Å². The number of carbonyl (C=O) groups excluding carboxylic acids is 1. The minimum Gasteiger partial charge on any atom is -0.508 e. The Bertz CT molecular complexity index is 442. The summed E-state index contributed by atoms with van der Waals surface area (Å²) >= 11 is 0. The Hall–Kier alpha value is -1.31. The van der Waals surface area contributed by atoms with Gasteiger partial charge in [0.1, 0.15) is 12.5 Å². The van der Waals surface area contributed by atoms with Gasteiger partial charge in [-0.15, -0.1) is 0 Å². The third kappa shape index (κ3) is 14.4. The molecule has 0 aliphatic rings. The maximum absolute atomic E-state index is 10.1. The second-order valence-corrected chi connectivity index (χ2v) is 7.71. The largest absolute Gasteiger partial charge is 0.508 e. The van der Waals surface area contributed by atoms with Crippen molar-refractivity contribution in [1.82, 2.24) is 0 Å². The third-order valence-electron chi connectivity index (χ3n) is 5.26. The molecule has 156 valence electrons. The molecule has 0 saturated heterocycles. The molecule has 0 heterocycles. The Morgan fingerprint density at radius 3 is 1.63 bits per heavy atom. The summed E-state index contributed by atoms with van der Waals surface area (Å²) in [6.45, 7) is 6.54. The van der Waals surface area contributed by atoms with Crippen molar-refractivity contribution in [2.75, 3.05) is 0 Å². The summed E-state index contributed by atoms with van der Waals surface area (Å²) < 4.78 is 0. The molecule has 0 atom stereocenters. The Morgan fingerprint density at radius 2 is 1.11 bits per heavy atom. The van der Waals surface area contributed by atoms with Crippen molar-refractivity contribution in [2.45, 2.75) is 117 Å². The zero-order chi connectivity index (χ0) is 20.2. The quantitative estimate of drug-likeness (QED) is 0.299. The van der Waals surface area contributed by atoms with Gasteiger partial charge in [-0.05, 0) is 42.9 Å². The van der Waals surface area contributed by atoms with Crippen LogP contribution < -0.4 is 0 Å². The van der Waals surface area contributed by atoms with Crippen LogP contribution in [0.3, 0.4) is 0 Å². The zero-order valence-corrected chi connectivity index (χ0v) is 18.1. The van der Waals surface area contributed by atoms with Crippen LogP contribution in [-0.2, 0) is 17.6 Å². The van der Waals surface area contributed by atoms with Gasteiger partial charge in [-0.25, -0.2) is 0 Å². The molecule has 27 heavy (non-hydrogen) atoms. The number of carbonyl (C=O) groups is 1. The monoisotopic (exact) mass is 376 g/mol. The van der Waals surface area contributed by atoms with Crippen molar-refractivity contribution in [3.8, 4) is 5.75 Å². The standard InChI is InChI=1S/C24H42O.CH2O/c1-3-5-7-9-11-13-15-17-22-19-20-24(25)23(21-22)18-16-14-12-10-8-6-4-2;1-2/h19-21,25H,3-18H2,1-2H3;1H2. The van der Waals surface area contributed by atoms with Crippen molar-refractivity contribution < 1.29 is 9.90 Å². The summed E-state index contributed by atoms with van der Waals surface area (Å²) in [5.74, 6) is 0.495. The first-order chi connectivity index (χ1) is 13.3. The molecule has 0 saturated carbocycles. The van der Waals surface area contributed by atoms with Crippen LogP contribution in [-0.4, -0.2) is 11.9 Å². The van der Waals surface area contributed by atoms with E-state index in [4.69, 9.17) is 4.79 Å². The maximum Gasteiger partial charge on any atom is 0.118 e. The molecule has 2 nitrogen and oxygen atoms in total. The average Bonchev–Trinajstić information content (AvgIpc) is 2.70. The molecule has 0 fully saturated rings. The minimum absolute atomic E-state index is 0.495. The smallest absolute Gasteiger partial charge is 0.118 e. The van der Waals surface area contributed by atoms with Crippen LogP contribution in [0.4, 0.5) is 0 Å². The highest BCUT2D eigenvalue weighted by atomic mass is 16.3. The predicted molar refractivity (Wildman–Crippen MR) is 119 cm³/mol. The van der Waals surface area contributed by atoms with Crippen LogP contribution in [0.15, 0.2) is 18.2 Å². The second kappa shape index (κ2) is 19.5. The molecule has 0 spiro atoms. The highest BCUT2D eigenvalue weighted by Crippen LogP contribution is 2.22. The van der Waals surface area contributed by atoms with Crippen molar-refractivity contribution in [3.05, 3.63) is 29.3 Å². The van der Waals surface area contributed by atoms with E-state index in [2.05, 4.69) is 26.0 Å². The molecular weight excluding hydrogens is 332 g/mol. The van der Waals surface area contributed by atoms with Crippen molar-refractivity contribution >= 4 is 6.79 Å². The Labute approximate surface area is 168 Å². The number of benzene rings is 1. The summed E-state index contributed by atoms with van der Waals surface area (Å²) in [5, 5.41) is 10.1. The van der Waals surface area contributed by atoms with Crippen LogP contribution in [0.2, 0.25) is 0 Å². The van der Waals surface area contributed by atoms with Crippen molar-refractivity contribution in [3.63, 3.8) is 0 Å². The minimum atomic E-state index is 0.495. The van der Waals surface area contributed by atoms with Crippen LogP contribution in [0.5, 0.6) is 5.75 Å². The van der Waals surface area contributed by atoms with E-state index in [9.17, 15) is 5.11 Å². The lowest BCUT2D eigenvalue weighted by atomic mass is 9.99. The summed E-state index contributed by atoms with van der Waals surface area (Å²) in [6, 6.07) is 6.28. The molecule has 0 aromatic heterocycles. The predicted octanol–water partition coefficient (Wildman–Crippen LogP) is 7.79. The number of unbranched alkanes of at least 4 members (excludes halogenated alkanes) is 12. The Balaban J connectivity index is 0.00000326. The van der Waals surface area contributed by atoms with E-state index in [-0.39, 0.29) is 0 Å². The molecule has 0 unspecified atom stereocenters. The first kappa shape index (κ1) is 25.7. The molecule has 1 rings (SSSR count). The Morgan fingerprint density at radius 1 is 0.667 bits per heavy atom. The number of phenols is 1. The van der Waals surface area contributed by atoms with Gasteiger partial charge in [0.2, 0.25) is 0 Å². The van der Waals surface area contributed by atoms with E-state index in [1.807, 2.05) is 12.9 Å². The van der Waals surface area contributed by atoms with Gasteiger partial charge in [-0.1, -0.05) is 103 Å². The lowest BCUT2D eigenvalue weighted by Gasteiger charge is -2.08. The zero-order valence-electron chi connectivity index (χ0n) is 18.1. The van der Waals surface area contributed by atoms with Gasteiger partial charge in [0.25, 0.3) is 0 Å². The van der Waals surface area contributed by atoms with Gasteiger partial charge < -0.3 is 9.90 Å². The van der Waals surface area contributed by atoms with Gasteiger partial charge in [-0.3, -0.25) is 0 Å². The van der Waals surface area contributed by atoms with Gasteiger partial charge in [-0.2, -0.15) is 0 Å². The lowest BCUT2D eigenvalue weighted by Crippen LogP contribution is -1.92. The molecular formula is C25H44O2. The number of rotatable bonds is 16. The number of phenolic OH excluding ortho intramolecular Hbond substituents is 1. The molecule has 1 aromatic carbocycles. The number of aromatic hydroxyl groups is 1. The normalized spacial score (nSPS) is 10.4. The molecule has 1 N–H and O–H groups in total.